The maximum Gasteiger partial charge on any atom is 0.327 e. The van der Waals surface area contributed by atoms with Gasteiger partial charge >= 0.3 is 6.03 Å². The molecule has 2 saturated heterocycles. The Morgan fingerprint density at radius 3 is 2.57 bits per heavy atom. The third-order valence-electron chi connectivity index (χ3n) is 7.33. The second kappa shape index (κ2) is 7.51. The van der Waals surface area contributed by atoms with Crippen LogP contribution in [0.15, 0.2) is 48.8 Å². The van der Waals surface area contributed by atoms with Gasteiger partial charge in [0.15, 0.2) is 0 Å². The maximum atomic E-state index is 13.4. The molecule has 3 amide bonds. The molecule has 30 heavy (non-hydrogen) atoms. The first-order valence-electron chi connectivity index (χ1n) is 10.9. The van der Waals surface area contributed by atoms with Gasteiger partial charge in [-0.15, -0.1) is 0 Å². The van der Waals surface area contributed by atoms with Crippen molar-refractivity contribution in [2.24, 2.45) is 0 Å². The van der Waals surface area contributed by atoms with Gasteiger partial charge in [-0.1, -0.05) is 30.3 Å². The molecule has 2 aromatic rings. The van der Waals surface area contributed by atoms with Crippen LogP contribution >= 0.6 is 0 Å². The lowest BCUT2D eigenvalue weighted by Gasteiger charge is -2.44. The van der Waals surface area contributed by atoms with Crippen molar-refractivity contribution in [3.8, 4) is 0 Å². The molecule has 3 aliphatic rings. The van der Waals surface area contributed by atoms with Gasteiger partial charge in [0.2, 0.25) is 0 Å². The molecular formula is C24H28N4O2. The highest BCUT2D eigenvalue weighted by Crippen LogP contribution is 2.38. The number of imide groups is 1. The number of carbonyl (C=O) groups excluding carboxylic acids is 2. The predicted octanol–water partition coefficient (Wildman–Crippen LogP) is 2.87. The third-order valence-corrected chi connectivity index (χ3v) is 7.33. The Hall–Kier alpha value is -2.73. The van der Waals surface area contributed by atoms with E-state index in [1.165, 1.54) is 22.4 Å². The Kier molecular flexibility index (Phi) is 4.82. The zero-order valence-corrected chi connectivity index (χ0v) is 17.5. The Labute approximate surface area is 177 Å². The van der Waals surface area contributed by atoms with Gasteiger partial charge in [-0.3, -0.25) is 19.6 Å². The summed E-state index contributed by atoms with van der Waals surface area (Å²) in [6.07, 6.45) is 8.20. The monoisotopic (exact) mass is 404 g/mol. The lowest BCUT2D eigenvalue weighted by atomic mass is 9.82. The number of likely N-dealkylation sites (N-methyl/N-ethyl adjacent to an activating group) is 1. The molecule has 0 radical (unpaired) electrons. The fraction of sp³-hybridized carbons (Fsp3) is 0.458. The molecular weight excluding hydrogens is 376 g/mol. The Morgan fingerprint density at radius 2 is 1.83 bits per heavy atom. The first-order valence-corrected chi connectivity index (χ1v) is 10.9. The summed E-state index contributed by atoms with van der Waals surface area (Å²) < 4.78 is 0. The normalized spacial score (nSPS) is 23.8. The number of piperidine rings is 1. The first-order chi connectivity index (χ1) is 14.6. The van der Waals surface area contributed by atoms with Crippen molar-refractivity contribution in [1.29, 1.82) is 0 Å². The average Bonchev–Trinajstić information content (AvgIpc) is 2.96. The van der Waals surface area contributed by atoms with Crippen molar-refractivity contribution in [3.63, 3.8) is 0 Å². The lowest BCUT2D eigenvalue weighted by molar-refractivity contribution is -0.136. The van der Waals surface area contributed by atoms with E-state index >= 15 is 0 Å². The van der Waals surface area contributed by atoms with E-state index in [9.17, 15) is 9.59 Å². The van der Waals surface area contributed by atoms with Gasteiger partial charge in [-0.25, -0.2) is 4.79 Å². The SMILES string of the molecule is CN1C(=O)N(Cc2cccnc2)C(=O)C12CCN(C1CCc3ccccc3C1)CC2. The van der Waals surface area contributed by atoms with Gasteiger partial charge < -0.3 is 4.90 Å². The van der Waals surface area contributed by atoms with Crippen LogP contribution in [0.4, 0.5) is 4.79 Å². The number of benzene rings is 1. The van der Waals surface area contributed by atoms with Crippen LogP contribution in [-0.2, 0) is 24.2 Å². The van der Waals surface area contributed by atoms with E-state index in [0.717, 1.165) is 31.5 Å². The molecule has 1 aromatic heterocycles. The molecule has 0 N–H and O–H groups in total. The number of pyridine rings is 1. The summed E-state index contributed by atoms with van der Waals surface area (Å²) in [4.78, 5) is 36.0. The molecule has 0 saturated carbocycles. The van der Waals surface area contributed by atoms with Crippen LogP contribution in [0.2, 0.25) is 0 Å². The molecule has 1 aliphatic carbocycles. The standard InChI is InChI=1S/C24H28N4O2/c1-26-23(30)28(17-18-5-4-12-25-16-18)22(29)24(26)10-13-27(14-11-24)21-9-8-19-6-2-3-7-20(19)15-21/h2-7,12,16,21H,8-11,13-15,17H2,1H3. The highest BCUT2D eigenvalue weighted by molar-refractivity contribution is 6.06. The van der Waals surface area contributed by atoms with Gasteiger partial charge in [0, 0.05) is 38.6 Å². The molecule has 1 atom stereocenters. The smallest absolute Gasteiger partial charge is 0.312 e. The Balaban J connectivity index is 1.28. The Morgan fingerprint density at radius 1 is 1.07 bits per heavy atom. The van der Waals surface area contributed by atoms with Crippen LogP contribution in [0.5, 0.6) is 0 Å². The van der Waals surface area contributed by atoms with Crippen molar-refractivity contribution >= 4 is 11.9 Å². The van der Waals surface area contributed by atoms with Gasteiger partial charge in [0.25, 0.3) is 5.91 Å². The van der Waals surface area contributed by atoms with E-state index < -0.39 is 5.54 Å². The first kappa shape index (κ1) is 19.2. The molecule has 6 nitrogen and oxygen atoms in total. The van der Waals surface area contributed by atoms with Crippen molar-refractivity contribution in [1.82, 2.24) is 19.7 Å². The number of hydrogen-bond donors (Lipinski definition) is 0. The second-order valence-corrected chi connectivity index (χ2v) is 8.83. The van der Waals surface area contributed by atoms with Gasteiger partial charge in [0.05, 0.1) is 6.54 Å². The third kappa shape index (κ3) is 3.10. The highest BCUT2D eigenvalue weighted by Gasteiger charge is 2.56. The summed E-state index contributed by atoms with van der Waals surface area (Å²) in [5, 5.41) is 0. The van der Waals surface area contributed by atoms with Gasteiger partial charge in [0.1, 0.15) is 5.54 Å². The molecule has 6 heteroatoms. The number of aromatic nitrogens is 1. The van der Waals surface area contributed by atoms with Crippen molar-refractivity contribution in [2.45, 2.75) is 50.2 Å². The number of nitrogens with zero attached hydrogens (tertiary/aromatic N) is 4. The number of rotatable bonds is 3. The highest BCUT2D eigenvalue weighted by atomic mass is 16.2. The van der Waals surface area contributed by atoms with Gasteiger partial charge in [-0.2, -0.15) is 0 Å². The van der Waals surface area contributed by atoms with E-state index in [1.54, 1.807) is 24.3 Å². The minimum Gasteiger partial charge on any atom is -0.312 e. The largest absolute Gasteiger partial charge is 0.327 e. The molecule has 3 heterocycles. The molecule has 5 rings (SSSR count). The zero-order valence-electron chi connectivity index (χ0n) is 17.5. The van der Waals surface area contributed by atoms with Gasteiger partial charge in [-0.05, 0) is 54.9 Å². The van der Waals surface area contributed by atoms with Crippen LogP contribution in [0.1, 0.15) is 36.0 Å². The van der Waals surface area contributed by atoms with Crippen molar-refractivity contribution in [2.75, 3.05) is 20.1 Å². The van der Waals surface area contributed by atoms with E-state index in [1.807, 2.05) is 12.1 Å². The molecule has 1 unspecified atom stereocenters. The summed E-state index contributed by atoms with van der Waals surface area (Å²) >= 11 is 0. The van der Waals surface area contributed by atoms with E-state index in [2.05, 4.69) is 34.1 Å². The Bertz CT molecular complexity index is 953. The molecule has 1 spiro atoms. The number of aryl methyl sites for hydroxylation is 1. The molecule has 1 aromatic carbocycles. The van der Waals surface area contributed by atoms with Crippen LogP contribution in [0, 0.1) is 0 Å². The fourth-order valence-corrected chi connectivity index (χ4v) is 5.46. The minimum absolute atomic E-state index is 0.0486. The summed E-state index contributed by atoms with van der Waals surface area (Å²) in [5.41, 5.74) is 3.12. The number of carbonyl (C=O) groups is 2. The van der Waals surface area contributed by atoms with Crippen LogP contribution in [0.25, 0.3) is 0 Å². The van der Waals surface area contributed by atoms with Crippen molar-refractivity contribution < 1.29 is 9.59 Å². The lowest BCUT2D eigenvalue weighted by Crippen LogP contribution is -2.57. The summed E-state index contributed by atoms with van der Waals surface area (Å²) in [6.45, 7) is 2.01. The van der Waals surface area contributed by atoms with Crippen molar-refractivity contribution in [3.05, 3.63) is 65.5 Å². The second-order valence-electron chi connectivity index (χ2n) is 8.83. The van der Waals surface area contributed by atoms with E-state index in [0.29, 0.717) is 25.4 Å². The summed E-state index contributed by atoms with van der Waals surface area (Å²) in [7, 11) is 1.79. The number of fused-ring (bicyclic) bond motifs is 1. The summed E-state index contributed by atoms with van der Waals surface area (Å²) in [6, 6.07) is 12.8. The minimum atomic E-state index is -0.692. The van der Waals surface area contributed by atoms with E-state index in [-0.39, 0.29) is 11.9 Å². The quantitative estimate of drug-likeness (QED) is 0.738. The predicted molar refractivity (Wildman–Crippen MR) is 114 cm³/mol. The van der Waals surface area contributed by atoms with Crippen LogP contribution < -0.4 is 0 Å². The number of amides is 3. The molecule has 0 bridgehead atoms. The number of urea groups is 1. The zero-order chi connectivity index (χ0) is 20.7. The summed E-state index contributed by atoms with van der Waals surface area (Å²) in [5.74, 6) is -0.0486. The fourth-order valence-electron chi connectivity index (χ4n) is 5.46. The van der Waals surface area contributed by atoms with E-state index in [4.69, 9.17) is 0 Å². The maximum absolute atomic E-state index is 13.4. The number of likely N-dealkylation sites (tertiary alicyclic amines) is 1. The van der Waals surface area contributed by atoms with Crippen LogP contribution in [0.3, 0.4) is 0 Å². The average molecular weight is 405 g/mol. The topological polar surface area (TPSA) is 56.8 Å². The molecule has 2 aliphatic heterocycles. The number of hydrogen-bond acceptors (Lipinski definition) is 4. The van der Waals surface area contributed by atoms with Crippen LogP contribution in [-0.4, -0.2) is 63.3 Å². The molecule has 2 fully saturated rings. The molecule has 156 valence electrons.